The molecule has 4 nitrogen and oxygen atoms in total. The predicted molar refractivity (Wildman–Crippen MR) is 72.2 cm³/mol. The third-order valence-corrected chi connectivity index (χ3v) is 4.98. The van der Waals surface area contributed by atoms with E-state index in [9.17, 15) is 4.79 Å². The molecule has 18 heavy (non-hydrogen) atoms. The smallest absolute Gasteiger partial charge is 0.247 e. The van der Waals surface area contributed by atoms with Crippen LogP contribution in [0.1, 0.15) is 44.6 Å². The Labute approximate surface area is 115 Å². The third kappa shape index (κ3) is 1.79. The Morgan fingerprint density at radius 2 is 2.11 bits per heavy atom. The second kappa shape index (κ2) is 4.37. The van der Waals surface area contributed by atoms with Crippen LogP contribution in [0.25, 0.3) is 0 Å². The average Bonchev–Trinajstić information content (AvgIpc) is 2.90. The Hall–Kier alpha value is -0.840. The number of likely N-dealkylation sites (N-methyl/N-ethyl adjacent to an activating group) is 1. The molecule has 2 heterocycles. The van der Waals surface area contributed by atoms with Crippen LogP contribution in [0.2, 0.25) is 0 Å². The standard InChI is InChI=1S/C13H18BrN3O/c1-16-12(18)11(17-9-10(14)8-15-17)7-13(16)5-3-2-4-6-13/h8-9,11H,2-7H2,1H3. The van der Waals surface area contributed by atoms with Crippen molar-refractivity contribution in [3.05, 3.63) is 16.9 Å². The van der Waals surface area contributed by atoms with Crippen LogP contribution in [0.15, 0.2) is 16.9 Å². The SMILES string of the molecule is CN1C(=O)C(n2cc(Br)cn2)CC12CCCCC2. The number of halogens is 1. The molecule has 98 valence electrons. The molecule has 1 aromatic heterocycles. The fourth-order valence-corrected chi connectivity index (χ4v) is 3.78. The van der Waals surface area contributed by atoms with Crippen molar-refractivity contribution in [1.29, 1.82) is 0 Å². The number of amides is 1. The van der Waals surface area contributed by atoms with E-state index in [0.29, 0.717) is 0 Å². The van der Waals surface area contributed by atoms with Gasteiger partial charge in [0, 0.05) is 25.2 Å². The number of hydrogen-bond acceptors (Lipinski definition) is 2. The van der Waals surface area contributed by atoms with Crippen LogP contribution in [0.4, 0.5) is 0 Å². The molecule has 0 aromatic carbocycles. The maximum absolute atomic E-state index is 12.4. The molecule has 0 N–H and O–H groups in total. The second-order valence-corrected chi connectivity index (χ2v) is 6.46. The normalized spacial score (nSPS) is 27.1. The monoisotopic (exact) mass is 311 g/mol. The molecule has 1 atom stereocenters. The summed E-state index contributed by atoms with van der Waals surface area (Å²) in [5.41, 5.74) is 0.0957. The highest BCUT2D eigenvalue weighted by molar-refractivity contribution is 9.10. The molecular formula is C13H18BrN3O. The Morgan fingerprint density at radius 1 is 1.39 bits per heavy atom. The molecule has 1 unspecified atom stereocenters. The zero-order valence-corrected chi connectivity index (χ0v) is 12.2. The van der Waals surface area contributed by atoms with Gasteiger partial charge in [-0.1, -0.05) is 19.3 Å². The zero-order valence-electron chi connectivity index (χ0n) is 10.6. The van der Waals surface area contributed by atoms with E-state index in [1.165, 1.54) is 19.3 Å². The summed E-state index contributed by atoms with van der Waals surface area (Å²) in [6.07, 6.45) is 10.7. The van der Waals surface area contributed by atoms with Crippen LogP contribution in [-0.4, -0.2) is 33.2 Å². The molecule has 1 amide bonds. The molecule has 3 rings (SSSR count). The highest BCUT2D eigenvalue weighted by Crippen LogP contribution is 2.45. The van der Waals surface area contributed by atoms with Crippen molar-refractivity contribution >= 4 is 21.8 Å². The molecule has 1 aliphatic carbocycles. The van der Waals surface area contributed by atoms with Crippen LogP contribution in [0, 0.1) is 0 Å². The highest BCUT2D eigenvalue weighted by atomic mass is 79.9. The van der Waals surface area contributed by atoms with Gasteiger partial charge in [-0.2, -0.15) is 5.10 Å². The summed E-state index contributed by atoms with van der Waals surface area (Å²) in [6, 6.07) is -0.112. The lowest BCUT2D eigenvalue weighted by atomic mass is 9.79. The van der Waals surface area contributed by atoms with E-state index in [1.54, 1.807) is 6.20 Å². The van der Waals surface area contributed by atoms with E-state index in [-0.39, 0.29) is 17.5 Å². The summed E-state index contributed by atoms with van der Waals surface area (Å²) >= 11 is 3.39. The van der Waals surface area contributed by atoms with Gasteiger partial charge in [-0.3, -0.25) is 9.48 Å². The number of aromatic nitrogens is 2. The first-order chi connectivity index (χ1) is 8.62. The highest BCUT2D eigenvalue weighted by Gasteiger charge is 2.49. The summed E-state index contributed by atoms with van der Waals surface area (Å²) in [7, 11) is 1.96. The molecule has 0 bridgehead atoms. The summed E-state index contributed by atoms with van der Waals surface area (Å²) in [5.74, 6) is 0.215. The lowest BCUT2D eigenvalue weighted by Crippen LogP contribution is -2.44. The number of carbonyl (C=O) groups is 1. The zero-order chi connectivity index (χ0) is 12.8. The van der Waals surface area contributed by atoms with E-state index in [1.807, 2.05) is 22.8 Å². The van der Waals surface area contributed by atoms with Crippen molar-refractivity contribution in [3.63, 3.8) is 0 Å². The van der Waals surface area contributed by atoms with Crippen molar-refractivity contribution in [1.82, 2.24) is 14.7 Å². The first-order valence-corrected chi connectivity index (χ1v) is 7.39. The quantitative estimate of drug-likeness (QED) is 0.800. The van der Waals surface area contributed by atoms with Gasteiger partial charge in [0.05, 0.1) is 10.7 Å². The fourth-order valence-electron chi connectivity index (χ4n) is 3.48. The van der Waals surface area contributed by atoms with Crippen LogP contribution in [-0.2, 0) is 4.79 Å². The minimum absolute atomic E-state index is 0.0957. The van der Waals surface area contributed by atoms with Gasteiger partial charge in [0.1, 0.15) is 6.04 Å². The minimum Gasteiger partial charge on any atom is -0.338 e. The molecule has 5 heteroatoms. The van der Waals surface area contributed by atoms with Crippen molar-refractivity contribution < 1.29 is 4.79 Å². The number of likely N-dealkylation sites (tertiary alicyclic amines) is 1. The lowest BCUT2D eigenvalue weighted by Gasteiger charge is -2.39. The molecule has 1 saturated heterocycles. The van der Waals surface area contributed by atoms with E-state index >= 15 is 0 Å². The Balaban J connectivity index is 1.88. The van der Waals surface area contributed by atoms with Crippen LogP contribution in [0.5, 0.6) is 0 Å². The maximum Gasteiger partial charge on any atom is 0.247 e. The largest absolute Gasteiger partial charge is 0.338 e. The van der Waals surface area contributed by atoms with Crippen molar-refractivity contribution in [2.24, 2.45) is 0 Å². The van der Waals surface area contributed by atoms with E-state index in [2.05, 4.69) is 21.0 Å². The summed E-state index contributed by atoms with van der Waals surface area (Å²) in [4.78, 5) is 14.4. The van der Waals surface area contributed by atoms with Crippen LogP contribution >= 0.6 is 15.9 Å². The van der Waals surface area contributed by atoms with Gasteiger partial charge in [0.25, 0.3) is 0 Å². The first kappa shape index (κ1) is 12.2. The topological polar surface area (TPSA) is 38.1 Å². The Bertz CT molecular complexity index is 465. The van der Waals surface area contributed by atoms with E-state index in [0.717, 1.165) is 23.7 Å². The number of carbonyl (C=O) groups excluding carboxylic acids is 1. The molecular weight excluding hydrogens is 294 g/mol. The third-order valence-electron chi connectivity index (χ3n) is 4.57. The second-order valence-electron chi connectivity index (χ2n) is 5.54. The van der Waals surface area contributed by atoms with Gasteiger partial charge in [-0.15, -0.1) is 0 Å². The molecule has 2 fully saturated rings. The van der Waals surface area contributed by atoms with Gasteiger partial charge in [0.15, 0.2) is 0 Å². The van der Waals surface area contributed by atoms with E-state index in [4.69, 9.17) is 0 Å². The molecule has 1 aromatic rings. The molecule has 0 radical (unpaired) electrons. The first-order valence-electron chi connectivity index (χ1n) is 6.60. The maximum atomic E-state index is 12.4. The Morgan fingerprint density at radius 3 is 2.72 bits per heavy atom. The predicted octanol–water partition coefficient (Wildman–Crippen LogP) is 2.75. The van der Waals surface area contributed by atoms with Crippen LogP contribution in [0.3, 0.4) is 0 Å². The van der Waals surface area contributed by atoms with Gasteiger partial charge >= 0.3 is 0 Å². The lowest BCUT2D eigenvalue weighted by molar-refractivity contribution is -0.132. The average molecular weight is 312 g/mol. The number of rotatable bonds is 1. The van der Waals surface area contributed by atoms with Gasteiger partial charge < -0.3 is 4.90 Å². The van der Waals surface area contributed by atoms with Crippen molar-refractivity contribution in [2.75, 3.05) is 7.05 Å². The fraction of sp³-hybridized carbons (Fsp3) is 0.692. The molecule has 1 aliphatic heterocycles. The summed E-state index contributed by atoms with van der Waals surface area (Å²) < 4.78 is 2.74. The molecule has 2 aliphatic rings. The minimum atomic E-state index is -0.112. The Kier molecular flexibility index (Phi) is 2.96. The van der Waals surface area contributed by atoms with Gasteiger partial charge in [-0.05, 0) is 28.8 Å². The van der Waals surface area contributed by atoms with Crippen LogP contribution < -0.4 is 0 Å². The van der Waals surface area contributed by atoms with Crippen molar-refractivity contribution in [3.8, 4) is 0 Å². The van der Waals surface area contributed by atoms with Gasteiger partial charge in [0.2, 0.25) is 5.91 Å². The molecule has 1 saturated carbocycles. The van der Waals surface area contributed by atoms with Gasteiger partial charge in [-0.25, -0.2) is 0 Å². The number of hydrogen-bond donors (Lipinski definition) is 0. The van der Waals surface area contributed by atoms with E-state index < -0.39 is 0 Å². The molecule has 1 spiro atoms. The summed E-state index contributed by atoms with van der Waals surface area (Å²) in [6.45, 7) is 0. The number of nitrogens with zero attached hydrogens (tertiary/aromatic N) is 3. The summed E-state index contributed by atoms with van der Waals surface area (Å²) in [5, 5.41) is 4.28. The van der Waals surface area contributed by atoms with Crippen molar-refractivity contribution in [2.45, 2.75) is 50.1 Å².